The zero-order valence-electron chi connectivity index (χ0n) is 14.7. The second-order valence-electron chi connectivity index (χ2n) is 6.21. The van der Waals surface area contributed by atoms with Gasteiger partial charge in [-0.15, -0.1) is 0 Å². The lowest BCUT2D eigenvalue weighted by Crippen LogP contribution is -2.47. The summed E-state index contributed by atoms with van der Waals surface area (Å²) in [7, 11) is 1.30. The molecule has 3 rings (SSSR count). The maximum absolute atomic E-state index is 13.6. The van der Waals surface area contributed by atoms with Crippen LogP contribution in [0.1, 0.15) is 24.0 Å². The molecule has 1 aliphatic rings. The van der Waals surface area contributed by atoms with Gasteiger partial charge in [0.1, 0.15) is 18.2 Å². The maximum atomic E-state index is 13.6. The quantitative estimate of drug-likeness (QED) is 0.765. The Morgan fingerprint density at radius 3 is 2.42 bits per heavy atom. The summed E-state index contributed by atoms with van der Waals surface area (Å²) in [5.41, 5.74) is 1.52. The molecule has 1 aliphatic heterocycles. The normalized spacial score (nSPS) is 22.7. The second-order valence-corrected chi connectivity index (χ2v) is 6.21. The summed E-state index contributed by atoms with van der Waals surface area (Å²) in [5, 5.41) is 0. The molecule has 0 atom stereocenters. The predicted octanol–water partition coefficient (Wildman–Crippen LogP) is 3.42. The summed E-state index contributed by atoms with van der Waals surface area (Å²) < 4.78 is 35.1. The van der Waals surface area contributed by atoms with Gasteiger partial charge in [0, 0.05) is 18.4 Å². The Bertz CT molecular complexity index is 751. The molecule has 0 radical (unpaired) electrons. The molecule has 1 fully saturated rings. The standard InChI is InChI=1S/C20H21FO5/c1-20(19(22)23-2)25-12-16(13-26-20)14-7-9-17(10-8-14)24-11-15-5-3-4-6-18(15)21/h3-10,16H,11-13H2,1-2H3. The van der Waals surface area contributed by atoms with Crippen molar-refractivity contribution in [3.63, 3.8) is 0 Å². The lowest BCUT2D eigenvalue weighted by atomic mass is 9.99. The van der Waals surface area contributed by atoms with Gasteiger partial charge in [-0.1, -0.05) is 30.3 Å². The first-order valence-electron chi connectivity index (χ1n) is 8.34. The van der Waals surface area contributed by atoms with Gasteiger partial charge >= 0.3 is 5.97 Å². The van der Waals surface area contributed by atoms with Crippen molar-refractivity contribution in [2.24, 2.45) is 0 Å². The zero-order valence-corrected chi connectivity index (χ0v) is 14.7. The van der Waals surface area contributed by atoms with Gasteiger partial charge in [-0.25, -0.2) is 9.18 Å². The van der Waals surface area contributed by atoms with Crippen LogP contribution < -0.4 is 4.74 Å². The number of carbonyl (C=O) groups is 1. The van der Waals surface area contributed by atoms with Crippen molar-refractivity contribution in [1.29, 1.82) is 0 Å². The van der Waals surface area contributed by atoms with Crippen LogP contribution in [0.3, 0.4) is 0 Å². The van der Waals surface area contributed by atoms with Crippen LogP contribution in [0.25, 0.3) is 0 Å². The van der Waals surface area contributed by atoms with E-state index in [4.69, 9.17) is 14.2 Å². The number of halogens is 1. The van der Waals surface area contributed by atoms with Crippen molar-refractivity contribution in [3.8, 4) is 5.75 Å². The number of carbonyl (C=O) groups excluding carboxylic acids is 1. The molecule has 6 heteroatoms. The van der Waals surface area contributed by atoms with Gasteiger partial charge in [-0.2, -0.15) is 0 Å². The summed E-state index contributed by atoms with van der Waals surface area (Å²) in [4.78, 5) is 11.7. The smallest absolute Gasteiger partial charge is 0.366 e. The molecule has 2 aromatic carbocycles. The Kier molecular flexibility index (Phi) is 5.54. The van der Waals surface area contributed by atoms with E-state index < -0.39 is 11.8 Å². The lowest BCUT2D eigenvalue weighted by molar-refractivity contribution is -0.264. The predicted molar refractivity (Wildman–Crippen MR) is 92.2 cm³/mol. The molecule has 1 saturated heterocycles. The summed E-state index contributed by atoms with van der Waals surface area (Å²) >= 11 is 0. The van der Waals surface area contributed by atoms with Gasteiger partial charge < -0.3 is 18.9 Å². The van der Waals surface area contributed by atoms with Crippen molar-refractivity contribution in [2.75, 3.05) is 20.3 Å². The van der Waals surface area contributed by atoms with E-state index in [0.29, 0.717) is 24.5 Å². The van der Waals surface area contributed by atoms with Crippen LogP contribution in [0.2, 0.25) is 0 Å². The number of hydrogen-bond donors (Lipinski definition) is 0. The minimum absolute atomic E-state index is 0.00773. The molecular weight excluding hydrogens is 339 g/mol. The van der Waals surface area contributed by atoms with Gasteiger partial charge in [0.25, 0.3) is 5.79 Å². The first-order valence-corrected chi connectivity index (χ1v) is 8.34. The Morgan fingerprint density at radius 2 is 1.81 bits per heavy atom. The molecule has 0 aromatic heterocycles. The molecule has 0 N–H and O–H groups in total. The highest BCUT2D eigenvalue weighted by molar-refractivity contribution is 5.77. The van der Waals surface area contributed by atoms with Crippen LogP contribution in [-0.2, 0) is 25.6 Å². The third kappa shape index (κ3) is 4.03. The number of rotatable bonds is 5. The maximum Gasteiger partial charge on any atom is 0.366 e. The molecule has 0 saturated carbocycles. The first-order chi connectivity index (χ1) is 12.5. The number of esters is 1. The zero-order chi connectivity index (χ0) is 18.6. The molecule has 0 unspecified atom stereocenters. The van der Waals surface area contributed by atoms with E-state index in [1.807, 2.05) is 24.3 Å². The minimum atomic E-state index is -1.35. The van der Waals surface area contributed by atoms with Gasteiger partial charge in [-0.3, -0.25) is 0 Å². The van der Waals surface area contributed by atoms with Crippen molar-refractivity contribution < 1.29 is 28.1 Å². The van der Waals surface area contributed by atoms with E-state index in [-0.39, 0.29) is 18.3 Å². The van der Waals surface area contributed by atoms with Gasteiger partial charge in [0.05, 0.1) is 20.3 Å². The van der Waals surface area contributed by atoms with E-state index in [1.54, 1.807) is 25.1 Å². The summed E-state index contributed by atoms with van der Waals surface area (Å²) in [5.74, 6) is -1.53. The third-order valence-corrected chi connectivity index (χ3v) is 4.38. The van der Waals surface area contributed by atoms with Gasteiger partial charge in [0.15, 0.2) is 0 Å². The lowest BCUT2D eigenvalue weighted by Gasteiger charge is -2.35. The summed E-state index contributed by atoms with van der Waals surface area (Å²) in [6.45, 7) is 2.41. The van der Waals surface area contributed by atoms with Gasteiger partial charge in [-0.05, 0) is 23.8 Å². The molecule has 0 aliphatic carbocycles. The van der Waals surface area contributed by atoms with Crippen LogP contribution in [0.5, 0.6) is 5.75 Å². The molecular formula is C20H21FO5. The fourth-order valence-corrected chi connectivity index (χ4v) is 2.72. The third-order valence-electron chi connectivity index (χ3n) is 4.38. The molecule has 0 bridgehead atoms. The van der Waals surface area contributed by atoms with E-state index in [1.165, 1.54) is 13.2 Å². The average Bonchev–Trinajstić information content (AvgIpc) is 2.68. The number of hydrogen-bond acceptors (Lipinski definition) is 5. The molecule has 0 spiro atoms. The largest absolute Gasteiger partial charge is 0.489 e. The van der Waals surface area contributed by atoms with Crippen LogP contribution in [-0.4, -0.2) is 32.1 Å². The highest BCUT2D eigenvalue weighted by Crippen LogP contribution is 2.29. The molecule has 138 valence electrons. The van der Waals surface area contributed by atoms with Crippen LogP contribution in [0, 0.1) is 5.82 Å². The summed E-state index contributed by atoms with van der Waals surface area (Å²) in [6.07, 6.45) is 0. The average molecular weight is 360 g/mol. The SMILES string of the molecule is COC(=O)C1(C)OCC(c2ccc(OCc3ccccc3F)cc2)CO1. The van der Waals surface area contributed by atoms with E-state index in [9.17, 15) is 9.18 Å². The van der Waals surface area contributed by atoms with Crippen LogP contribution in [0.4, 0.5) is 4.39 Å². The van der Waals surface area contributed by atoms with Crippen molar-refractivity contribution in [2.45, 2.75) is 25.2 Å². The Morgan fingerprint density at radius 1 is 1.15 bits per heavy atom. The number of methoxy groups -OCH3 is 1. The Labute approximate surface area is 151 Å². The Hall–Kier alpha value is -2.44. The highest BCUT2D eigenvalue weighted by Gasteiger charge is 2.41. The molecule has 26 heavy (non-hydrogen) atoms. The number of ether oxygens (including phenoxy) is 4. The van der Waals surface area contributed by atoms with Gasteiger partial charge in [0.2, 0.25) is 0 Å². The van der Waals surface area contributed by atoms with E-state index >= 15 is 0 Å². The number of benzene rings is 2. The van der Waals surface area contributed by atoms with Crippen molar-refractivity contribution >= 4 is 5.97 Å². The fourth-order valence-electron chi connectivity index (χ4n) is 2.72. The second kappa shape index (κ2) is 7.85. The summed E-state index contributed by atoms with van der Waals surface area (Å²) in [6, 6.07) is 14.0. The fraction of sp³-hybridized carbons (Fsp3) is 0.350. The van der Waals surface area contributed by atoms with Crippen LogP contribution >= 0.6 is 0 Å². The van der Waals surface area contributed by atoms with E-state index in [2.05, 4.69) is 4.74 Å². The topological polar surface area (TPSA) is 54.0 Å². The van der Waals surface area contributed by atoms with Crippen LogP contribution in [0.15, 0.2) is 48.5 Å². The molecule has 5 nitrogen and oxygen atoms in total. The van der Waals surface area contributed by atoms with Crippen molar-refractivity contribution in [3.05, 3.63) is 65.5 Å². The minimum Gasteiger partial charge on any atom is -0.489 e. The molecule has 0 amide bonds. The van der Waals surface area contributed by atoms with Crippen molar-refractivity contribution in [1.82, 2.24) is 0 Å². The Balaban J connectivity index is 1.57. The molecule has 1 heterocycles. The molecule has 2 aromatic rings. The first kappa shape index (κ1) is 18.4. The monoisotopic (exact) mass is 360 g/mol. The van der Waals surface area contributed by atoms with E-state index in [0.717, 1.165) is 5.56 Å². The highest BCUT2D eigenvalue weighted by atomic mass is 19.1.